The summed E-state index contributed by atoms with van der Waals surface area (Å²) < 4.78 is 31.1. The minimum Gasteiger partial charge on any atom is -0.467 e. The van der Waals surface area contributed by atoms with Crippen LogP contribution in [0.2, 0.25) is 0 Å². The van der Waals surface area contributed by atoms with E-state index in [1.165, 1.54) is 19.2 Å². The molecule has 0 saturated carbocycles. The van der Waals surface area contributed by atoms with E-state index in [4.69, 9.17) is 0 Å². The molecule has 0 fully saturated rings. The van der Waals surface area contributed by atoms with E-state index in [2.05, 4.69) is 14.8 Å². The van der Waals surface area contributed by atoms with Crippen molar-refractivity contribution in [3.05, 3.63) is 29.8 Å². The fourth-order valence-electron chi connectivity index (χ4n) is 2.01. The van der Waals surface area contributed by atoms with Crippen LogP contribution in [0.25, 0.3) is 0 Å². The second kappa shape index (κ2) is 9.39. The molecule has 24 heavy (non-hydrogen) atoms. The van der Waals surface area contributed by atoms with Crippen molar-refractivity contribution in [2.24, 2.45) is 0 Å². The number of sulfonamides is 1. The normalized spacial score (nSPS) is 12.5. The van der Waals surface area contributed by atoms with Gasteiger partial charge in [-0.25, -0.2) is 17.9 Å². The van der Waals surface area contributed by atoms with Crippen molar-refractivity contribution in [3.8, 4) is 0 Å². The van der Waals surface area contributed by atoms with E-state index in [-0.39, 0.29) is 4.90 Å². The van der Waals surface area contributed by atoms with Gasteiger partial charge in [0.15, 0.2) is 0 Å². The molecule has 1 aromatic rings. The second-order valence-corrected chi connectivity index (χ2v) is 7.19. The number of rotatable bonds is 9. The molecule has 1 unspecified atom stereocenters. The molecule has 1 amide bonds. The SMILES string of the molecule is CCCCC(NC(=O)CNS(=O)(=O)c1ccc(C)cc1)C(=O)OC. The third-order valence-corrected chi connectivity index (χ3v) is 4.84. The number of amides is 1. The number of hydrogen-bond donors (Lipinski definition) is 2. The Bertz CT molecular complexity index is 656. The van der Waals surface area contributed by atoms with Gasteiger partial charge in [0.25, 0.3) is 0 Å². The minimum absolute atomic E-state index is 0.0800. The molecule has 1 rings (SSSR count). The van der Waals surface area contributed by atoms with Crippen molar-refractivity contribution in [3.63, 3.8) is 0 Å². The summed E-state index contributed by atoms with van der Waals surface area (Å²) in [6.45, 7) is 3.36. The van der Waals surface area contributed by atoms with E-state index in [0.29, 0.717) is 6.42 Å². The number of nitrogens with one attached hydrogen (secondary N) is 2. The predicted octanol–water partition coefficient (Wildman–Crippen LogP) is 1.12. The number of carbonyl (C=O) groups excluding carboxylic acids is 2. The summed E-state index contributed by atoms with van der Waals surface area (Å²) in [4.78, 5) is 23.6. The van der Waals surface area contributed by atoms with E-state index in [1.807, 2.05) is 13.8 Å². The molecule has 7 nitrogen and oxygen atoms in total. The standard InChI is InChI=1S/C16H24N2O5S/c1-4-5-6-14(16(20)23-3)18-15(19)11-17-24(21,22)13-9-7-12(2)8-10-13/h7-10,14,17H,4-6,11H2,1-3H3,(H,18,19). The molecular formula is C16H24N2O5S. The predicted molar refractivity (Wildman–Crippen MR) is 89.8 cm³/mol. The van der Waals surface area contributed by atoms with Crippen LogP contribution in [0.3, 0.4) is 0 Å². The third kappa shape index (κ3) is 6.29. The molecule has 134 valence electrons. The molecule has 0 aliphatic heterocycles. The van der Waals surface area contributed by atoms with Gasteiger partial charge in [0.1, 0.15) is 6.04 Å². The van der Waals surface area contributed by atoms with E-state index < -0.39 is 34.5 Å². The fourth-order valence-corrected chi connectivity index (χ4v) is 2.99. The van der Waals surface area contributed by atoms with E-state index in [9.17, 15) is 18.0 Å². The van der Waals surface area contributed by atoms with Crippen LogP contribution in [-0.4, -0.2) is 40.0 Å². The Balaban J connectivity index is 2.63. The Morgan fingerprint density at radius 1 is 1.21 bits per heavy atom. The summed E-state index contributed by atoms with van der Waals surface area (Å²) in [5.74, 6) is -1.13. The van der Waals surface area contributed by atoms with E-state index in [1.54, 1.807) is 12.1 Å². The minimum atomic E-state index is -3.78. The lowest BCUT2D eigenvalue weighted by Crippen LogP contribution is -2.45. The molecule has 0 heterocycles. The van der Waals surface area contributed by atoms with Gasteiger partial charge in [0.05, 0.1) is 18.6 Å². The molecule has 0 saturated heterocycles. The van der Waals surface area contributed by atoms with Crippen molar-refractivity contribution in [2.45, 2.75) is 44.0 Å². The van der Waals surface area contributed by atoms with Crippen molar-refractivity contribution in [1.82, 2.24) is 10.0 Å². The van der Waals surface area contributed by atoms with Gasteiger partial charge in [-0.15, -0.1) is 0 Å². The van der Waals surface area contributed by atoms with Gasteiger partial charge >= 0.3 is 5.97 Å². The van der Waals surface area contributed by atoms with Crippen LogP contribution in [0.1, 0.15) is 31.7 Å². The number of methoxy groups -OCH3 is 1. The molecular weight excluding hydrogens is 332 g/mol. The zero-order valence-corrected chi connectivity index (χ0v) is 15.0. The highest BCUT2D eigenvalue weighted by Crippen LogP contribution is 2.09. The highest BCUT2D eigenvalue weighted by atomic mass is 32.2. The number of benzene rings is 1. The first kappa shape index (κ1) is 20.1. The maximum absolute atomic E-state index is 12.1. The molecule has 0 aromatic heterocycles. The number of hydrogen-bond acceptors (Lipinski definition) is 5. The Kier molecular flexibility index (Phi) is 7.87. The summed E-state index contributed by atoms with van der Waals surface area (Å²) in [6.07, 6.45) is 2.05. The number of esters is 1. The monoisotopic (exact) mass is 356 g/mol. The van der Waals surface area contributed by atoms with Crippen molar-refractivity contribution < 1.29 is 22.7 Å². The quantitative estimate of drug-likeness (QED) is 0.646. The number of aryl methyl sites for hydroxylation is 1. The van der Waals surface area contributed by atoms with Crippen LogP contribution in [-0.2, 0) is 24.3 Å². The number of ether oxygens (including phenoxy) is 1. The molecule has 1 atom stereocenters. The van der Waals surface area contributed by atoms with Crippen molar-refractivity contribution in [1.29, 1.82) is 0 Å². The maximum Gasteiger partial charge on any atom is 0.328 e. The second-order valence-electron chi connectivity index (χ2n) is 5.42. The van der Waals surface area contributed by atoms with Gasteiger partial charge in [0.2, 0.25) is 15.9 Å². The highest BCUT2D eigenvalue weighted by Gasteiger charge is 2.22. The highest BCUT2D eigenvalue weighted by molar-refractivity contribution is 7.89. The van der Waals surface area contributed by atoms with E-state index >= 15 is 0 Å². The number of unbranched alkanes of at least 4 members (excludes halogenated alkanes) is 1. The first-order valence-corrected chi connectivity index (χ1v) is 9.22. The summed E-state index contributed by atoms with van der Waals surface area (Å²) in [7, 11) is -2.53. The van der Waals surface area contributed by atoms with Crippen LogP contribution in [0.15, 0.2) is 29.2 Å². The van der Waals surface area contributed by atoms with Crippen LogP contribution in [0.4, 0.5) is 0 Å². The molecule has 1 aromatic carbocycles. The average molecular weight is 356 g/mol. The Hall–Kier alpha value is -1.93. The van der Waals surface area contributed by atoms with Crippen LogP contribution in [0.5, 0.6) is 0 Å². The van der Waals surface area contributed by atoms with Gasteiger partial charge in [-0.1, -0.05) is 37.5 Å². The summed E-state index contributed by atoms with van der Waals surface area (Å²) in [6, 6.07) is 5.51. The van der Waals surface area contributed by atoms with Crippen LogP contribution >= 0.6 is 0 Å². The van der Waals surface area contributed by atoms with Crippen molar-refractivity contribution in [2.75, 3.05) is 13.7 Å². The van der Waals surface area contributed by atoms with Gasteiger partial charge in [-0.3, -0.25) is 4.79 Å². The lowest BCUT2D eigenvalue weighted by molar-refractivity contribution is -0.145. The summed E-state index contributed by atoms with van der Waals surface area (Å²) >= 11 is 0. The topological polar surface area (TPSA) is 102 Å². The van der Waals surface area contributed by atoms with Crippen molar-refractivity contribution >= 4 is 21.9 Å². The fraction of sp³-hybridized carbons (Fsp3) is 0.500. The van der Waals surface area contributed by atoms with Crippen LogP contribution in [0, 0.1) is 6.92 Å². The molecule has 0 bridgehead atoms. The maximum atomic E-state index is 12.1. The Morgan fingerprint density at radius 2 is 1.83 bits per heavy atom. The Labute approximate surface area is 142 Å². The van der Waals surface area contributed by atoms with Crippen LogP contribution < -0.4 is 10.0 Å². The molecule has 0 radical (unpaired) electrons. The van der Waals surface area contributed by atoms with Gasteiger partial charge in [-0.05, 0) is 25.5 Å². The zero-order chi connectivity index (χ0) is 18.2. The molecule has 0 spiro atoms. The molecule has 0 aliphatic rings. The first-order valence-electron chi connectivity index (χ1n) is 7.73. The molecule has 0 aliphatic carbocycles. The smallest absolute Gasteiger partial charge is 0.328 e. The lowest BCUT2D eigenvalue weighted by Gasteiger charge is -2.16. The summed E-state index contributed by atoms with van der Waals surface area (Å²) in [5.41, 5.74) is 0.934. The number of carbonyl (C=O) groups is 2. The molecule has 8 heteroatoms. The lowest BCUT2D eigenvalue weighted by atomic mass is 10.1. The van der Waals surface area contributed by atoms with Gasteiger partial charge in [-0.2, -0.15) is 0 Å². The van der Waals surface area contributed by atoms with E-state index in [0.717, 1.165) is 18.4 Å². The average Bonchev–Trinajstić information content (AvgIpc) is 2.56. The molecule has 2 N–H and O–H groups in total. The third-order valence-electron chi connectivity index (χ3n) is 3.42. The Morgan fingerprint density at radius 3 is 2.38 bits per heavy atom. The largest absolute Gasteiger partial charge is 0.467 e. The first-order chi connectivity index (χ1) is 11.3. The zero-order valence-electron chi connectivity index (χ0n) is 14.2. The van der Waals surface area contributed by atoms with Gasteiger partial charge < -0.3 is 10.1 Å². The summed E-state index contributed by atoms with van der Waals surface area (Å²) in [5, 5.41) is 2.50. The van der Waals surface area contributed by atoms with Gasteiger partial charge in [0, 0.05) is 0 Å².